The van der Waals surface area contributed by atoms with Crippen LogP contribution in [-0.2, 0) is 9.47 Å². The Morgan fingerprint density at radius 3 is 2.62 bits per heavy atom. The highest BCUT2D eigenvalue weighted by molar-refractivity contribution is 5.04. The van der Waals surface area contributed by atoms with Crippen LogP contribution in [0.25, 0.3) is 0 Å². The van der Waals surface area contributed by atoms with Crippen LogP contribution in [0.4, 0.5) is 0 Å². The molecule has 0 aromatic heterocycles. The van der Waals surface area contributed by atoms with E-state index in [4.69, 9.17) is 14.6 Å². The van der Waals surface area contributed by atoms with E-state index in [-0.39, 0.29) is 23.9 Å². The molecule has 13 heavy (non-hydrogen) atoms. The van der Waals surface area contributed by atoms with Crippen molar-refractivity contribution in [3.05, 3.63) is 0 Å². The zero-order valence-electron chi connectivity index (χ0n) is 8.38. The average Bonchev–Trinajstić information content (AvgIpc) is 2.60. The fourth-order valence-corrected chi connectivity index (χ4v) is 2.49. The topological polar surface area (TPSA) is 38.7 Å². The molecule has 1 N–H and O–H groups in total. The third kappa shape index (κ3) is 1.30. The first kappa shape index (κ1) is 9.44. The van der Waals surface area contributed by atoms with Crippen LogP contribution in [0, 0.1) is 0 Å². The second-order valence-electron chi connectivity index (χ2n) is 4.56. The van der Waals surface area contributed by atoms with Crippen molar-refractivity contribution in [3.63, 3.8) is 0 Å². The number of aliphatic hydroxyl groups is 1. The lowest BCUT2D eigenvalue weighted by Gasteiger charge is -2.36. The quantitative estimate of drug-likeness (QED) is 0.666. The number of rotatable bonds is 1. The van der Waals surface area contributed by atoms with Gasteiger partial charge in [0.25, 0.3) is 0 Å². The molecule has 0 amide bonds. The Balaban J connectivity index is 2.13. The summed E-state index contributed by atoms with van der Waals surface area (Å²) in [6.45, 7) is 5.09. The Hall–Kier alpha value is -0.120. The van der Waals surface area contributed by atoms with Crippen molar-refractivity contribution in [1.29, 1.82) is 0 Å². The molecule has 2 saturated heterocycles. The molecule has 0 aromatic rings. The van der Waals surface area contributed by atoms with Gasteiger partial charge in [-0.3, -0.25) is 0 Å². The summed E-state index contributed by atoms with van der Waals surface area (Å²) in [7, 11) is 0. The summed E-state index contributed by atoms with van der Waals surface area (Å²) in [6, 6.07) is 0. The van der Waals surface area contributed by atoms with Crippen LogP contribution in [0.2, 0.25) is 0 Å². The van der Waals surface area contributed by atoms with Crippen molar-refractivity contribution in [2.24, 2.45) is 0 Å². The lowest BCUT2D eigenvalue weighted by atomic mass is 9.83. The molecule has 2 fully saturated rings. The van der Waals surface area contributed by atoms with Crippen LogP contribution in [0.1, 0.15) is 33.1 Å². The number of hydrogen-bond acceptors (Lipinski definition) is 3. The van der Waals surface area contributed by atoms with E-state index in [2.05, 4.69) is 13.8 Å². The zero-order valence-corrected chi connectivity index (χ0v) is 8.38. The molecular weight excluding hydrogens is 168 g/mol. The highest BCUT2D eigenvalue weighted by Gasteiger charge is 2.55. The fourth-order valence-electron chi connectivity index (χ4n) is 2.49. The van der Waals surface area contributed by atoms with E-state index in [1.54, 1.807) is 0 Å². The van der Waals surface area contributed by atoms with Crippen molar-refractivity contribution < 1.29 is 14.6 Å². The van der Waals surface area contributed by atoms with E-state index in [9.17, 15) is 0 Å². The van der Waals surface area contributed by atoms with E-state index in [0.717, 1.165) is 25.9 Å². The largest absolute Gasteiger partial charge is 0.394 e. The van der Waals surface area contributed by atoms with Crippen LogP contribution >= 0.6 is 0 Å². The average molecular weight is 186 g/mol. The summed E-state index contributed by atoms with van der Waals surface area (Å²) in [5.74, 6) is 0. The van der Waals surface area contributed by atoms with Gasteiger partial charge in [0.1, 0.15) is 0 Å². The lowest BCUT2D eigenvalue weighted by Crippen LogP contribution is -2.46. The van der Waals surface area contributed by atoms with Crippen LogP contribution in [-0.4, -0.2) is 35.6 Å². The van der Waals surface area contributed by atoms with E-state index >= 15 is 0 Å². The molecule has 1 spiro atoms. The maximum absolute atomic E-state index is 9.01. The van der Waals surface area contributed by atoms with E-state index in [0.29, 0.717) is 0 Å². The zero-order chi connectivity index (χ0) is 9.53. The van der Waals surface area contributed by atoms with Crippen molar-refractivity contribution >= 4 is 0 Å². The first-order valence-corrected chi connectivity index (χ1v) is 5.02. The van der Waals surface area contributed by atoms with Gasteiger partial charge >= 0.3 is 0 Å². The summed E-state index contributed by atoms with van der Waals surface area (Å²) < 4.78 is 11.6. The molecule has 76 valence electrons. The molecule has 2 aliphatic heterocycles. The summed E-state index contributed by atoms with van der Waals surface area (Å²) in [5, 5.41) is 9.01. The number of aliphatic hydroxyl groups excluding tert-OH is 1. The minimum Gasteiger partial charge on any atom is -0.394 e. The number of hydrogen-bond donors (Lipinski definition) is 1. The van der Waals surface area contributed by atoms with Gasteiger partial charge in [-0.2, -0.15) is 0 Å². The van der Waals surface area contributed by atoms with Gasteiger partial charge in [-0.05, 0) is 26.7 Å². The molecule has 0 aromatic carbocycles. The minimum atomic E-state index is -0.184. The van der Waals surface area contributed by atoms with Gasteiger partial charge in [0.2, 0.25) is 0 Å². The normalized spacial score (nSPS) is 43.2. The molecule has 0 saturated carbocycles. The third-order valence-corrected chi connectivity index (χ3v) is 3.53. The number of ether oxygens (including phenoxy) is 2. The van der Waals surface area contributed by atoms with Gasteiger partial charge in [-0.15, -0.1) is 0 Å². The van der Waals surface area contributed by atoms with Crippen molar-refractivity contribution in [1.82, 2.24) is 0 Å². The summed E-state index contributed by atoms with van der Waals surface area (Å²) in [6.07, 6.45) is 2.98. The smallest absolute Gasteiger partial charge is 0.0993 e. The van der Waals surface area contributed by atoms with Crippen molar-refractivity contribution in [2.75, 3.05) is 13.2 Å². The summed E-state index contributed by atoms with van der Waals surface area (Å²) >= 11 is 0. The molecule has 2 rings (SSSR count). The van der Waals surface area contributed by atoms with Crippen LogP contribution in [0.5, 0.6) is 0 Å². The SMILES string of the molecule is CC1(C)OCC[C@@]12CC[C@H](CO)O2. The van der Waals surface area contributed by atoms with E-state index < -0.39 is 0 Å². The Kier molecular flexibility index (Phi) is 2.13. The standard InChI is InChI=1S/C10H18O3/c1-9(2)10(5-6-12-9)4-3-8(7-11)13-10/h8,11H,3-7H2,1-2H3/t8-,10+/m1/s1. The molecule has 0 bridgehead atoms. The molecule has 2 aliphatic rings. The van der Waals surface area contributed by atoms with E-state index in [1.165, 1.54) is 0 Å². The Morgan fingerprint density at radius 2 is 2.15 bits per heavy atom. The van der Waals surface area contributed by atoms with Gasteiger partial charge in [0.15, 0.2) is 0 Å². The first-order chi connectivity index (χ1) is 6.10. The van der Waals surface area contributed by atoms with Crippen molar-refractivity contribution in [3.8, 4) is 0 Å². The van der Waals surface area contributed by atoms with E-state index in [1.807, 2.05) is 0 Å². The molecule has 0 radical (unpaired) electrons. The molecule has 3 heteroatoms. The van der Waals surface area contributed by atoms with Crippen molar-refractivity contribution in [2.45, 2.75) is 50.4 Å². The molecule has 0 unspecified atom stereocenters. The minimum absolute atomic E-state index is 0.0287. The Labute approximate surface area is 79.0 Å². The molecular formula is C10H18O3. The molecule has 0 aliphatic carbocycles. The maximum Gasteiger partial charge on any atom is 0.0993 e. The predicted octanol–water partition coefficient (Wildman–Crippen LogP) is 1.10. The Morgan fingerprint density at radius 1 is 1.38 bits per heavy atom. The molecule has 2 atom stereocenters. The monoisotopic (exact) mass is 186 g/mol. The van der Waals surface area contributed by atoms with Gasteiger partial charge in [-0.25, -0.2) is 0 Å². The lowest BCUT2D eigenvalue weighted by molar-refractivity contribution is -0.136. The van der Waals surface area contributed by atoms with Gasteiger partial charge in [0.05, 0.1) is 30.5 Å². The third-order valence-electron chi connectivity index (χ3n) is 3.53. The fraction of sp³-hybridized carbons (Fsp3) is 1.00. The summed E-state index contributed by atoms with van der Waals surface area (Å²) in [4.78, 5) is 0. The first-order valence-electron chi connectivity index (χ1n) is 5.02. The Bertz CT molecular complexity index is 202. The van der Waals surface area contributed by atoms with Gasteiger partial charge in [-0.1, -0.05) is 0 Å². The molecule has 2 heterocycles. The van der Waals surface area contributed by atoms with Crippen LogP contribution in [0.15, 0.2) is 0 Å². The highest BCUT2D eigenvalue weighted by Crippen LogP contribution is 2.47. The second kappa shape index (κ2) is 2.94. The maximum atomic E-state index is 9.01. The van der Waals surface area contributed by atoms with Crippen LogP contribution in [0.3, 0.4) is 0 Å². The highest BCUT2D eigenvalue weighted by atomic mass is 16.6. The second-order valence-corrected chi connectivity index (χ2v) is 4.56. The predicted molar refractivity (Wildman–Crippen MR) is 48.6 cm³/mol. The van der Waals surface area contributed by atoms with Gasteiger partial charge in [0, 0.05) is 6.42 Å². The summed E-state index contributed by atoms with van der Waals surface area (Å²) in [5.41, 5.74) is -0.308. The molecule has 3 nitrogen and oxygen atoms in total. The van der Waals surface area contributed by atoms with Gasteiger partial charge < -0.3 is 14.6 Å². The van der Waals surface area contributed by atoms with Crippen LogP contribution < -0.4 is 0 Å².